The summed E-state index contributed by atoms with van der Waals surface area (Å²) in [5.74, 6) is 2.40. The number of imidazole rings is 2. The number of aromatic amines is 1. The average molecular weight is 622 g/mol. The minimum absolute atomic E-state index is 0.0828. The molecule has 0 amide bonds. The van der Waals surface area contributed by atoms with Gasteiger partial charge in [-0.3, -0.25) is 0 Å². The van der Waals surface area contributed by atoms with E-state index in [1.54, 1.807) is 18.0 Å². The lowest BCUT2D eigenvalue weighted by Gasteiger charge is -2.30. The number of rotatable bonds is 7. The molecule has 10 nitrogen and oxygen atoms in total. The van der Waals surface area contributed by atoms with E-state index < -0.39 is 11.9 Å². The van der Waals surface area contributed by atoms with E-state index in [-0.39, 0.29) is 12.1 Å². The molecule has 3 aliphatic rings. The van der Waals surface area contributed by atoms with Crippen LogP contribution in [-0.4, -0.2) is 59.2 Å². The van der Waals surface area contributed by atoms with Crippen molar-refractivity contribution in [2.45, 2.75) is 90.4 Å². The summed E-state index contributed by atoms with van der Waals surface area (Å²) in [4.78, 5) is 32.8. The summed E-state index contributed by atoms with van der Waals surface area (Å²) in [7, 11) is 1.59. The van der Waals surface area contributed by atoms with E-state index in [2.05, 4.69) is 35.9 Å². The molecule has 1 saturated heterocycles. The van der Waals surface area contributed by atoms with Crippen molar-refractivity contribution in [3.05, 3.63) is 53.8 Å². The fourth-order valence-corrected chi connectivity index (χ4v) is 6.24. The molecule has 0 radical (unpaired) electrons. The molecule has 45 heavy (non-hydrogen) atoms. The molecule has 0 aromatic carbocycles. The number of H-pyrrole nitrogens is 1. The molecule has 238 valence electrons. The van der Waals surface area contributed by atoms with E-state index >= 15 is 0 Å². The van der Waals surface area contributed by atoms with Crippen LogP contribution in [0.3, 0.4) is 0 Å². The maximum atomic E-state index is 13.5. The zero-order valence-electron chi connectivity index (χ0n) is 26.2. The standard InChI is InChI=1S/C30H32F3N9O.C2H6/c1-16(2)42-13-21(30(31,32)33)38-27(42)19-10-6-17(7-11-19)20-5-4-12-41(20)28-24-26(36-14-35-24)39-25(40-28)22-23(18-8-9-18)34-15-37-29(22)43-3;1-2/h6,10,13-16,18,20H,4-5,7-9,11-12H2,1-3H3,(H,35,36,39,40);1-2H3. The number of fused-ring (bicyclic) bond motifs is 1. The predicted octanol–water partition coefficient (Wildman–Crippen LogP) is 7.29. The number of hydrogen-bond acceptors (Lipinski definition) is 8. The second-order valence-corrected chi connectivity index (χ2v) is 11.6. The van der Waals surface area contributed by atoms with E-state index in [1.807, 2.05) is 33.8 Å². The first-order valence-corrected chi connectivity index (χ1v) is 15.7. The molecule has 4 aromatic heterocycles. The number of halogens is 3. The van der Waals surface area contributed by atoms with Crippen LogP contribution >= 0.6 is 0 Å². The first-order chi connectivity index (χ1) is 21.7. The van der Waals surface area contributed by atoms with Crippen molar-refractivity contribution in [1.82, 2.24) is 39.5 Å². The van der Waals surface area contributed by atoms with Gasteiger partial charge in [0.25, 0.3) is 0 Å². The highest BCUT2D eigenvalue weighted by atomic mass is 19.4. The number of methoxy groups -OCH3 is 1. The number of allylic oxidation sites excluding steroid dienone is 3. The number of aromatic nitrogens is 8. The van der Waals surface area contributed by atoms with Gasteiger partial charge in [0, 0.05) is 24.7 Å². The van der Waals surface area contributed by atoms with Gasteiger partial charge in [0.2, 0.25) is 5.88 Å². The molecular formula is C32H38F3N9O. The van der Waals surface area contributed by atoms with Gasteiger partial charge in [-0.25, -0.2) is 29.9 Å². The van der Waals surface area contributed by atoms with Crippen LogP contribution in [0.15, 0.2) is 36.6 Å². The highest BCUT2D eigenvalue weighted by Gasteiger charge is 2.37. The van der Waals surface area contributed by atoms with Gasteiger partial charge in [-0.1, -0.05) is 26.0 Å². The van der Waals surface area contributed by atoms with Crippen molar-refractivity contribution in [3.63, 3.8) is 0 Å². The topological polar surface area (TPSA) is 111 Å². The van der Waals surface area contributed by atoms with Crippen LogP contribution < -0.4 is 9.64 Å². The third-order valence-electron chi connectivity index (χ3n) is 8.49. The quantitative estimate of drug-likeness (QED) is 0.229. The molecule has 1 atom stereocenters. The molecule has 13 heteroatoms. The zero-order chi connectivity index (χ0) is 31.9. The Hall–Kier alpha value is -4.29. The highest BCUT2D eigenvalue weighted by molar-refractivity contribution is 5.86. The molecule has 1 N–H and O–H groups in total. The number of nitrogens with one attached hydrogen (secondary N) is 1. The number of ether oxygens (including phenoxy) is 1. The summed E-state index contributed by atoms with van der Waals surface area (Å²) in [5.41, 5.74) is 4.07. The van der Waals surface area contributed by atoms with Crippen LogP contribution in [0.25, 0.3) is 28.1 Å². The smallest absolute Gasteiger partial charge is 0.434 e. The van der Waals surface area contributed by atoms with Crippen molar-refractivity contribution < 1.29 is 17.9 Å². The van der Waals surface area contributed by atoms with Gasteiger partial charge in [0.15, 0.2) is 23.0 Å². The second kappa shape index (κ2) is 12.2. The third-order valence-corrected chi connectivity index (χ3v) is 8.49. The minimum Gasteiger partial charge on any atom is -0.480 e. The van der Waals surface area contributed by atoms with Gasteiger partial charge in [0.05, 0.1) is 25.2 Å². The van der Waals surface area contributed by atoms with Crippen molar-refractivity contribution >= 4 is 22.6 Å². The van der Waals surface area contributed by atoms with Crippen molar-refractivity contribution in [2.75, 3.05) is 18.6 Å². The maximum absolute atomic E-state index is 13.5. The van der Waals surface area contributed by atoms with Gasteiger partial charge < -0.3 is 19.2 Å². The summed E-state index contributed by atoms with van der Waals surface area (Å²) < 4.78 is 47.7. The Bertz CT molecular complexity index is 1750. The Balaban J connectivity index is 0.00000175. The fourth-order valence-electron chi connectivity index (χ4n) is 6.24. The minimum atomic E-state index is -4.49. The summed E-state index contributed by atoms with van der Waals surface area (Å²) in [6.07, 6.45) is 9.11. The van der Waals surface area contributed by atoms with E-state index in [0.717, 1.165) is 67.4 Å². The Morgan fingerprint density at radius 1 is 1.00 bits per heavy atom. The normalized spacial score (nSPS) is 18.6. The monoisotopic (exact) mass is 621 g/mol. The Morgan fingerprint density at radius 3 is 2.47 bits per heavy atom. The summed E-state index contributed by atoms with van der Waals surface area (Å²) in [6, 6.07) is -0.0625. The van der Waals surface area contributed by atoms with Gasteiger partial charge in [-0.05, 0) is 63.5 Å². The molecule has 0 bridgehead atoms. The lowest BCUT2D eigenvalue weighted by atomic mass is 9.91. The predicted molar refractivity (Wildman–Crippen MR) is 166 cm³/mol. The van der Waals surface area contributed by atoms with Crippen LogP contribution in [0.1, 0.15) is 95.4 Å². The molecular weight excluding hydrogens is 583 g/mol. The highest BCUT2D eigenvalue weighted by Crippen LogP contribution is 2.46. The average Bonchev–Trinajstić information content (AvgIpc) is 3.40. The molecule has 1 aliphatic heterocycles. The molecule has 5 heterocycles. The zero-order valence-corrected chi connectivity index (χ0v) is 26.2. The maximum Gasteiger partial charge on any atom is 0.434 e. The lowest BCUT2D eigenvalue weighted by Crippen LogP contribution is -2.32. The molecule has 7 rings (SSSR count). The molecule has 1 saturated carbocycles. The number of alkyl halides is 3. The Labute approximate surface area is 259 Å². The number of hydrogen-bond donors (Lipinski definition) is 1. The van der Waals surface area contributed by atoms with Crippen LogP contribution in [0.5, 0.6) is 5.88 Å². The first-order valence-electron chi connectivity index (χ1n) is 15.7. The van der Waals surface area contributed by atoms with E-state index in [4.69, 9.17) is 14.7 Å². The second-order valence-electron chi connectivity index (χ2n) is 11.6. The van der Waals surface area contributed by atoms with Crippen LogP contribution in [0, 0.1) is 0 Å². The molecule has 4 aromatic rings. The van der Waals surface area contributed by atoms with Crippen LogP contribution in [-0.2, 0) is 6.18 Å². The van der Waals surface area contributed by atoms with E-state index in [9.17, 15) is 13.2 Å². The Kier molecular flexibility index (Phi) is 8.36. The van der Waals surface area contributed by atoms with Gasteiger partial charge >= 0.3 is 6.18 Å². The van der Waals surface area contributed by atoms with E-state index in [0.29, 0.717) is 41.1 Å². The van der Waals surface area contributed by atoms with Crippen molar-refractivity contribution in [1.29, 1.82) is 0 Å². The van der Waals surface area contributed by atoms with Crippen LogP contribution in [0.2, 0.25) is 0 Å². The number of nitrogens with zero attached hydrogens (tertiary/aromatic N) is 8. The SMILES string of the molecule is CC.COc1ncnc(C2CC2)c1-c1nc(N2CCCC2C2=CC=C(c3nc(C(F)(F)F)cn3C(C)C)CC2)c2[nH]cnc2n1. The lowest BCUT2D eigenvalue weighted by molar-refractivity contribution is -0.141. The third kappa shape index (κ3) is 5.80. The number of anilines is 1. The fraction of sp³-hybridized carbons (Fsp3) is 0.500. The summed E-state index contributed by atoms with van der Waals surface area (Å²) in [5, 5.41) is 0. The summed E-state index contributed by atoms with van der Waals surface area (Å²) in [6.45, 7) is 8.53. The molecule has 0 spiro atoms. The van der Waals surface area contributed by atoms with Gasteiger partial charge in [-0.15, -0.1) is 0 Å². The summed E-state index contributed by atoms with van der Waals surface area (Å²) >= 11 is 0. The van der Waals surface area contributed by atoms with Crippen LogP contribution in [0.4, 0.5) is 19.0 Å². The largest absolute Gasteiger partial charge is 0.480 e. The van der Waals surface area contributed by atoms with Crippen molar-refractivity contribution in [2.24, 2.45) is 0 Å². The molecule has 1 unspecified atom stereocenters. The van der Waals surface area contributed by atoms with Gasteiger partial charge in [0.1, 0.15) is 23.2 Å². The van der Waals surface area contributed by atoms with Crippen molar-refractivity contribution in [3.8, 4) is 17.3 Å². The van der Waals surface area contributed by atoms with Gasteiger partial charge in [-0.2, -0.15) is 13.2 Å². The van der Waals surface area contributed by atoms with E-state index in [1.165, 1.54) is 11.9 Å². The molecule has 2 fully saturated rings. The Morgan fingerprint density at radius 2 is 1.80 bits per heavy atom. The molecule has 2 aliphatic carbocycles. The first kappa shape index (κ1) is 30.7.